The molecule has 2 nitrogen and oxygen atoms in total. The molecule has 2 heteroatoms. The van der Waals surface area contributed by atoms with Crippen molar-refractivity contribution < 1.29 is 4.79 Å². The molecule has 0 spiro atoms. The zero-order chi connectivity index (χ0) is 8.27. The summed E-state index contributed by atoms with van der Waals surface area (Å²) < 4.78 is 0. The zero-order valence-corrected chi connectivity index (χ0v) is 7.05. The molecule has 11 heavy (non-hydrogen) atoms. The van der Waals surface area contributed by atoms with E-state index in [4.69, 9.17) is 0 Å². The third kappa shape index (κ3) is 1.81. The average Bonchev–Trinajstić information content (AvgIpc) is 2.36. The molecule has 0 saturated carbocycles. The number of carbonyl (C=O) groups excluding carboxylic acids is 1. The van der Waals surface area contributed by atoms with E-state index in [1.807, 2.05) is 7.05 Å². The van der Waals surface area contributed by atoms with Gasteiger partial charge in [-0.3, -0.25) is 9.69 Å². The van der Waals surface area contributed by atoms with Crippen molar-refractivity contribution in [3.63, 3.8) is 0 Å². The maximum absolute atomic E-state index is 11.2. The number of likely N-dealkylation sites (tertiary alicyclic amines) is 1. The topological polar surface area (TPSA) is 20.3 Å². The monoisotopic (exact) mass is 151 g/mol. The molecule has 0 radical (unpaired) electrons. The smallest absolute Gasteiger partial charge is 0.222 e. The highest BCUT2D eigenvalue weighted by molar-refractivity contribution is 5.99. The van der Waals surface area contributed by atoms with Crippen LogP contribution >= 0.6 is 0 Å². The number of carbonyl (C=O) groups is 1. The van der Waals surface area contributed by atoms with Gasteiger partial charge in [0.15, 0.2) is 0 Å². The molecular formula is C9H13NO. The van der Waals surface area contributed by atoms with E-state index in [1.54, 1.807) is 6.92 Å². The zero-order valence-electron chi connectivity index (χ0n) is 7.05. The van der Waals surface area contributed by atoms with Crippen molar-refractivity contribution >= 4 is 5.78 Å². The molecule has 0 N–H and O–H groups in total. The molecular weight excluding hydrogens is 138 g/mol. The first kappa shape index (κ1) is 8.29. The minimum absolute atomic E-state index is 0.0717. The Kier molecular flexibility index (Phi) is 2.67. The molecule has 0 aromatic heterocycles. The molecule has 0 aromatic carbocycles. The number of ketones is 1. The predicted octanol–water partition coefficient (Wildman–Crippen LogP) is 0.673. The van der Waals surface area contributed by atoms with Gasteiger partial charge in [0, 0.05) is 0 Å². The molecule has 1 heterocycles. The molecule has 0 unspecified atom stereocenters. The fourth-order valence-corrected chi connectivity index (χ4v) is 1.45. The van der Waals surface area contributed by atoms with Crippen LogP contribution in [0.3, 0.4) is 0 Å². The van der Waals surface area contributed by atoms with Crippen LogP contribution in [0.5, 0.6) is 0 Å². The van der Waals surface area contributed by atoms with Gasteiger partial charge in [-0.05, 0) is 39.3 Å². The second-order valence-corrected chi connectivity index (χ2v) is 2.88. The summed E-state index contributed by atoms with van der Waals surface area (Å²) in [5.74, 6) is 5.30. The summed E-state index contributed by atoms with van der Waals surface area (Å²) in [6.07, 6.45) is 2.10. The van der Waals surface area contributed by atoms with Crippen LogP contribution in [0, 0.1) is 11.8 Å². The number of Topliss-reactive ketones (excluding diaryl/α,β-unsaturated/α-hetero) is 1. The van der Waals surface area contributed by atoms with E-state index in [1.165, 1.54) is 0 Å². The Morgan fingerprint density at radius 3 is 2.82 bits per heavy atom. The summed E-state index contributed by atoms with van der Waals surface area (Å²) >= 11 is 0. The molecule has 1 atom stereocenters. The van der Waals surface area contributed by atoms with Gasteiger partial charge in [-0.1, -0.05) is 5.92 Å². The average molecular weight is 151 g/mol. The molecule has 1 fully saturated rings. The Bertz CT molecular complexity index is 211. The Hall–Kier alpha value is -0.810. The van der Waals surface area contributed by atoms with Gasteiger partial charge in [0.05, 0.1) is 6.04 Å². The highest BCUT2D eigenvalue weighted by Gasteiger charge is 2.25. The lowest BCUT2D eigenvalue weighted by atomic mass is 10.1. The van der Waals surface area contributed by atoms with E-state index >= 15 is 0 Å². The molecule has 1 rings (SSSR count). The molecule has 0 amide bonds. The maximum Gasteiger partial charge on any atom is 0.222 e. The fourth-order valence-electron chi connectivity index (χ4n) is 1.45. The van der Waals surface area contributed by atoms with Crippen molar-refractivity contribution in [2.45, 2.75) is 25.8 Å². The van der Waals surface area contributed by atoms with E-state index in [0.717, 1.165) is 19.4 Å². The summed E-state index contributed by atoms with van der Waals surface area (Å²) in [6, 6.07) is 0.0717. The van der Waals surface area contributed by atoms with E-state index in [0.29, 0.717) is 0 Å². The first-order valence-corrected chi connectivity index (χ1v) is 3.92. The highest BCUT2D eigenvalue weighted by atomic mass is 16.1. The molecule has 1 saturated heterocycles. The molecule has 60 valence electrons. The number of rotatable bonds is 1. The lowest BCUT2D eigenvalue weighted by molar-refractivity contribution is -0.117. The van der Waals surface area contributed by atoms with Crippen molar-refractivity contribution in [1.29, 1.82) is 0 Å². The van der Waals surface area contributed by atoms with Crippen LogP contribution in [0.4, 0.5) is 0 Å². The first-order valence-electron chi connectivity index (χ1n) is 3.92. The lowest BCUT2D eigenvalue weighted by Gasteiger charge is -2.14. The second kappa shape index (κ2) is 3.54. The summed E-state index contributed by atoms with van der Waals surface area (Å²) in [4.78, 5) is 13.3. The second-order valence-electron chi connectivity index (χ2n) is 2.88. The highest BCUT2D eigenvalue weighted by Crippen LogP contribution is 2.14. The molecule has 0 bridgehead atoms. The van der Waals surface area contributed by atoms with Gasteiger partial charge in [0.1, 0.15) is 0 Å². The third-order valence-corrected chi connectivity index (χ3v) is 2.07. The minimum atomic E-state index is 0.0717. The van der Waals surface area contributed by atoms with Crippen molar-refractivity contribution in [2.24, 2.45) is 0 Å². The van der Waals surface area contributed by atoms with Crippen molar-refractivity contribution in [1.82, 2.24) is 4.90 Å². The standard InChI is InChI=1S/C9H13NO/c1-3-5-9(11)8-6-4-7-10(8)2/h8H,4,6-7H2,1-2H3/t8-/m0/s1. The van der Waals surface area contributed by atoms with E-state index in [9.17, 15) is 4.79 Å². The van der Waals surface area contributed by atoms with Gasteiger partial charge in [0.25, 0.3) is 0 Å². The Balaban J connectivity index is 2.57. The Labute approximate surface area is 67.6 Å². The van der Waals surface area contributed by atoms with Gasteiger partial charge in [-0.25, -0.2) is 0 Å². The van der Waals surface area contributed by atoms with E-state index in [2.05, 4.69) is 16.7 Å². The normalized spacial score (nSPS) is 24.4. The maximum atomic E-state index is 11.2. The van der Waals surface area contributed by atoms with Gasteiger partial charge in [-0.2, -0.15) is 0 Å². The van der Waals surface area contributed by atoms with Crippen LogP contribution in [-0.4, -0.2) is 30.3 Å². The number of nitrogens with zero attached hydrogens (tertiary/aromatic N) is 1. The van der Waals surface area contributed by atoms with Gasteiger partial charge in [0.2, 0.25) is 5.78 Å². The number of hydrogen-bond acceptors (Lipinski definition) is 2. The summed E-state index contributed by atoms with van der Waals surface area (Å²) in [7, 11) is 1.98. The first-order chi connectivity index (χ1) is 5.25. The molecule has 1 aliphatic heterocycles. The Morgan fingerprint density at radius 2 is 2.36 bits per heavy atom. The molecule has 1 aliphatic rings. The molecule has 0 aliphatic carbocycles. The Morgan fingerprint density at radius 1 is 1.64 bits per heavy atom. The molecule has 0 aromatic rings. The summed E-state index contributed by atoms with van der Waals surface area (Å²) in [5.41, 5.74) is 0. The van der Waals surface area contributed by atoms with E-state index < -0.39 is 0 Å². The third-order valence-electron chi connectivity index (χ3n) is 2.07. The largest absolute Gasteiger partial charge is 0.296 e. The van der Waals surface area contributed by atoms with Crippen LogP contribution in [0.1, 0.15) is 19.8 Å². The van der Waals surface area contributed by atoms with E-state index in [-0.39, 0.29) is 11.8 Å². The lowest BCUT2D eigenvalue weighted by Crippen LogP contribution is -2.31. The fraction of sp³-hybridized carbons (Fsp3) is 0.667. The van der Waals surface area contributed by atoms with Gasteiger partial charge in [-0.15, -0.1) is 0 Å². The number of hydrogen-bond donors (Lipinski definition) is 0. The van der Waals surface area contributed by atoms with Crippen LogP contribution in [-0.2, 0) is 4.79 Å². The van der Waals surface area contributed by atoms with Crippen LogP contribution in [0.25, 0.3) is 0 Å². The predicted molar refractivity (Wildman–Crippen MR) is 44.1 cm³/mol. The van der Waals surface area contributed by atoms with Crippen LogP contribution in [0.2, 0.25) is 0 Å². The number of likely N-dealkylation sites (N-methyl/N-ethyl adjacent to an activating group) is 1. The quantitative estimate of drug-likeness (QED) is 0.405. The summed E-state index contributed by atoms with van der Waals surface area (Å²) in [6.45, 7) is 2.73. The van der Waals surface area contributed by atoms with Gasteiger partial charge < -0.3 is 0 Å². The van der Waals surface area contributed by atoms with Crippen LogP contribution < -0.4 is 0 Å². The summed E-state index contributed by atoms with van der Waals surface area (Å²) in [5, 5.41) is 0. The van der Waals surface area contributed by atoms with Crippen molar-refractivity contribution in [3.8, 4) is 11.8 Å². The van der Waals surface area contributed by atoms with Gasteiger partial charge >= 0.3 is 0 Å². The van der Waals surface area contributed by atoms with Crippen molar-refractivity contribution in [3.05, 3.63) is 0 Å². The SMILES string of the molecule is CC#CC(=O)[C@@H]1CCCN1C. The van der Waals surface area contributed by atoms with Crippen molar-refractivity contribution in [2.75, 3.05) is 13.6 Å². The minimum Gasteiger partial charge on any atom is -0.296 e. The van der Waals surface area contributed by atoms with Crippen LogP contribution in [0.15, 0.2) is 0 Å².